The van der Waals surface area contributed by atoms with Gasteiger partial charge in [-0.25, -0.2) is 9.97 Å². The van der Waals surface area contributed by atoms with Gasteiger partial charge in [0.25, 0.3) is 0 Å². The first-order valence-electron chi connectivity index (χ1n) is 6.25. The Labute approximate surface area is 108 Å². The van der Waals surface area contributed by atoms with Gasteiger partial charge in [-0.3, -0.25) is 0 Å². The minimum Gasteiger partial charge on any atom is -0.328 e. The minimum atomic E-state index is 0.131. The van der Waals surface area contributed by atoms with Crippen LogP contribution in [0.25, 0.3) is 0 Å². The molecule has 0 fully saturated rings. The van der Waals surface area contributed by atoms with Crippen LogP contribution in [0.15, 0.2) is 36.5 Å². The molecule has 94 valence electrons. The summed E-state index contributed by atoms with van der Waals surface area (Å²) in [5.41, 5.74) is 9.31. The first-order chi connectivity index (χ1) is 8.63. The second-order valence-electron chi connectivity index (χ2n) is 4.81. The van der Waals surface area contributed by atoms with Gasteiger partial charge in [0.2, 0.25) is 0 Å². The average Bonchev–Trinajstić information content (AvgIpc) is 2.28. The number of aryl methyl sites for hydroxylation is 1. The fourth-order valence-corrected chi connectivity index (χ4v) is 1.97. The van der Waals surface area contributed by atoms with Crippen molar-refractivity contribution in [3.05, 3.63) is 59.2 Å². The summed E-state index contributed by atoms with van der Waals surface area (Å²) in [7, 11) is 0. The molecule has 3 heteroatoms. The molecule has 1 aromatic carbocycles. The molecule has 0 aliphatic carbocycles. The van der Waals surface area contributed by atoms with Gasteiger partial charge in [0.15, 0.2) is 0 Å². The van der Waals surface area contributed by atoms with Crippen LogP contribution in [0.5, 0.6) is 0 Å². The fraction of sp³-hybridized carbons (Fsp3) is 0.333. The number of aromatic nitrogens is 2. The van der Waals surface area contributed by atoms with Gasteiger partial charge in [-0.05, 0) is 25.5 Å². The Morgan fingerprint density at radius 3 is 2.83 bits per heavy atom. The van der Waals surface area contributed by atoms with E-state index in [0.29, 0.717) is 0 Å². The lowest BCUT2D eigenvalue weighted by Gasteiger charge is -2.06. The van der Waals surface area contributed by atoms with E-state index in [-0.39, 0.29) is 6.04 Å². The SMILES string of the molecule is Cc1cccc(Cc2nccc(CC(C)N)n2)c1. The Hall–Kier alpha value is -1.74. The first kappa shape index (κ1) is 12.7. The normalized spacial score (nSPS) is 12.4. The molecular weight excluding hydrogens is 222 g/mol. The maximum atomic E-state index is 5.79. The van der Waals surface area contributed by atoms with Crippen LogP contribution in [-0.4, -0.2) is 16.0 Å². The van der Waals surface area contributed by atoms with E-state index in [4.69, 9.17) is 5.73 Å². The number of rotatable bonds is 4. The summed E-state index contributed by atoms with van der Waals surface area (Å²) in [6, 6.07) is 10.5. The summed E-state index contributed by atoms with van der Waals surface area (Å²) in [6.45, 7) is 4.08. The summed E-state index contributed by atoms with van der Waals surface area (Å²) in [4.78, 5) is 8.87. The van der Waals surface area contributed by atoms with Crippen LogP contribution in [0.3, 0.4) is 0 Å². The first-order valence-corrected chi connectivity index (χ1v) is 6.25. The molecule has 0 aliphatic heterocycles. The summed E-state index contributed by atoms with van der Waals surface area (Å²) in [5, 5.41) is 0. The number of hydrogen-bond acceptors (Lipinski definition) is 3. The van der Waals surface area contributed by atoms with Gasteiger partial charge in [-0.2, -0.15) is 0 Å². The quantitative estimate of drug-likeness (QED) is 0.893. The molecule has 0 aliphatic rings. The van der Waals surface area contributed by atoms with Crippen LogP contribution in [0, 0.1) is 6.92 Å². The predicted molar refractivity (Wildman–Crippen MR) is 73.4 cm³/mol. The van der Waals surface area contributed by atoms with Crippen molar-refractivity contribution in [2.45, 2.75) is 32.7 Å². The molecule has 2 rings (SSSR count). The van der Waals surface area contributed by atoms with Gasteiger partial charge >= 0.3 is 0 Å². The van der Waals surface area contributed by atoms with Crippen LogP contribution in [0.1, 0.15) is 29.6 Å². The third-order valence-corrected chi connectivity index (χ3v) is 2.74. The highest BCUT2D eigenvalue weighted by molar-refractivity contribution is 5.25. The second kappa shape index (κ2) is 5.74. The maximum absolute atomic E-state index is 5.79. The zero-order valence-corrected chi connectivity index (χ0v) is 10.9. The van der Waals surface area contributed by atoms with Crippen molar-refractivity contribution in [2.75, 3.05) is 0 Å². The number of hydrogen-bond donors (Lipinski definition) is 1. The minimum absolute atomic E-state index is 0.131. The van der Waals surface area contributed by atoms with Crippen molar-refractivity contribution in [1.29, 1.82) is 0 Å². The van der Waals surface area contributed by atoms with Gasteiger partial charge in [0, 0.05) is 30.8 Å². The predicted octanol–water partition coefficient (Wildman–Crippen LogP) is 2.27. The van der Waals surface area contributed by atoms with Crippen LogP contribution >= 0.6 is 0 Å². The monoisotopic (exact) mass is 241 g/mol. The van der Waals surface area contributed by atoms with Crippen molar-refractivity contribution in [3.63, 3.8) is 0 Å². The van der Waals surface area contributed by atoms with Gasteiger partial charge in [-0.1, -0.05) is 29.8 Å². The zero-order valence-electron chi connectivity index (χ0n) is 10.9. The van der Waals surface area contributed by atoms with E-state index < -0.39 is 0 Å². The molecule has 3 nitrogen and oxygen atoms in total. The Morgan fingerprint density at radius 2 is 2.11 bits per heavy atom. The highest BCUT2D eigenvalue weighted by Gasteiger charge is 2.03. The summed E-state index contributed by atoms with van der Waals surface area (Å²) in [6.07, 6.45) is 3.38. The van der Waals surface area contributed by atoms with E-state index in [1.807, 2.05) is 19.2 Å². The number of benzene rings is 1. The zero-order chi connectivity index (χ0) is 13.0. The van der Waals surface area contributed by atoms with E-state index >= 15 is 0 Å². The summed E-state index contributed by atoms with van der Waals surface area (Å²) < 4.78 is 0. The molecule has 0 amide bonds. The Kier molecular flexibility index (Phi) is 4.05. The van der Waals surface area contributed by atoms with Crippen molar-refractivity contribution < 1.29 is 0 Å². The molecule has 0 saturated carbocycles. The average molecular weight is 241 g/mol. The fourth-order valence-electron chi connectivity index (χ4n) is 1.97. The Balaban J connectivity index is 2.14. The van der Waals surface area contributed by atoms with Crippen molar-refractivity contribution >= 4 is 0 Å². The van der Waals surface area contributed by atoms with E-state index in [0.717, 1.165) is 24.4 Å². The summed E-state index contributed by atoms with van der Waals surface area (Å²) in [5.74, 6) is 0.860. The van der Waals surface area contributed by atoms with E-state index in [9.17, 15) is 0 Å². The topological polar surface area (TPSA) is 51.8 Å². The third kappa shape index (κ3) is 3.64. The molecule has 0 spiro atoms. The maximum Gasteiger partial charge on any atom is 0.132 e. The summed E-state index contributed by atoms with van der Waals surface area (Å²) >= 11 is 0. The molecule has 18 heavy (non-hydrogen) atoms. The van der Waals surface area contributed by atoms with E-state index in [1.54, 1.807) is 0 Å². The largest absolute Gasteiger partial charge is 0.328 e. The van der Waals surface area contributed by atoms with Gasteiger partial charge in [0.05, 0.1) is 0 Å². The molecule has 0 saturated heterocycles. The molecule has 1 heterocycles. The van der Waals surface area contributed by atoms with Gasteiger partial charge in [0.1, 0.15) is 5.82 Å². The smallest absolute Gasteiger partial charge is 0.132 e. The third-order valence-electron chi connectivity index (χ3n) is 2.74. The van der Waals surface area contributed by atoms with Gasteiger partial charge < -0.3 is 5.73 Å². The molecule has 0 radical (unpaired) electrons. The number of nitrogens with two attached hydrogens (primary N) is 1. The molecule has 1 unspecified atom stereocenters. The van der Waals surface area contributed by atoms with Crippen molar-refractivity contribution in [3.8, 4) is 0 Å². The Morgan fingerprint density at radius 1 is 1.28 bits per heavy atom. The van der Waals surface area contributed by atoms with Crippen molar-refractivity contribution in [1.82, 2.24) is 9.97 Å². The highest BCUT2D eigenvalue weighted by atomic mass is 14.9. The molecule has 0 bridgehead atoms. The molecule has 2 N–H and O–H groups in total. The second-order valence-corrected chi connectivity index (χ2v) is 4.81. The number of nitrogens with zero attached hydrogens (tertiary/aromatic N) is 2. The lowest BCUT2D eigenvalue weighted by atomic mass is 10.1. The van der Waals surface area contributed by atoms with Crippen LogP contribution < -0.4 is 5.73 Å². The lowest BCUT2D eigenvalue weighted by molar-refractivity contribution is 0.713. The van der Waals surface area contributed by atoms with E-state index in [1.165, 1.54) is 11.1 Å². The molecular formula is C15H19N3. The standard InChI is InChI=1S/C15H19N3/c1-11-4-3-5-13(8-11)10-15-17-7-6-14(18-15)9-12(2)16/h3-8,12H,9-10,16H2,1-2H3. The molecule has 1 atom stereocenters. The van der Waals surface area contributed by atoms with Crippen LogP contribution in [0.4, 0.5) is 0 Å². The van der Waals surface area contributed by atoms with Crippen LogP contribution in [0.2, 0.25) is 0 Å². The van der Waals surface area contributed by atoms with Crippen LogP contribution in [-0.2, 0) is 12.8 Å². The molecule has 2 aromatic rings. The van der Waals surface area contributed by atoms with Gasteiger partial charge in [-0.15, -0.1) is 0 Å². The van der Waals surface area contributed by atoms with E-state index in [2.05, 4.69) is 41.2 Å². The Bertz CT molecular complexity index is 521. The molecule has 1 aromatic heterocycles. The lowest BCUT2D eigenvalue weighted by Crippen LogP contribution is -2.19. The van der Waals surface area contributed by atoms with Crippen molar-refractivity contribution in [2.24, 2.45) is 5.73 Å². The highest BCUT2D eigenvalue weighted by Crippen LogP contribution is 2.09.